The van der Waals surface area contributed by atoms with E-state index >= 15 is 0 Å². The summed E-state index contributed by atoms with van der Waals surface area (Å²) >= 11 is 1.48. The number of aryl methyl sites for hydroxylation is 3. The van der Waals surface area contributed by atoms with Crippen molar-refractivity contribution in [2.24, 2.45) is 0 Å². The number of benzene rings is 1. The Morgan fingerprint density at radius 3 is 2.28 bits per heavy atom. The third-order valence-corrected chi connectivity index (χ3v) is 4.45. The van der Waals surface area contributed by atoms with Crippen LogP contribution in [0.2, 0.25) is 0 Å². The van der Waals surface area contributed by atoms with Gasteiger partial charge in [-0.25, -0.2) is 0 Å². The van der Waals surface area contributed by atoms with Crippen LogP contribution in [0.4, 0.5) is 5.00 Å². The summed E-state index contributed by atoms with van der Waals surface area (Å²) in [5.41, 5.74) is 10.6. The molecule has 2 rings (SSSR count). The second-order valence-electron chi connectivity index (χ2n) is 4.65. The third-order valence-electron chi connectivity index (χ3n) is 3.41. The molecular weight excluding hydrogens is 242 g/mol. The van der Waals surface area contributed by atoms with Gasteiger partial charge in [-0.15, -0.1) is 11.3 Å². The number of carbonyl (C=O) groups is 1. The predicted octanol–water partition coefficient (Wildman–Crippen LogP) is 3.79. The van der Waals surface area contributed by atoms with Gasteiger partial charge >= 0.3 is 0 Å². The first-order chi connectivity index (χ1) is 8.41. The Labute approximate surface area is 111 Å². The van der Waals surface area contributed by atoms with Crippen molar-refractivity contribution in [1.29, 1.82) is 0 Å². The summed E-state index contributed by atoms with van der Waals surface area (Å²) in [6.45, 7) is 8.00. The molecule has 0 aliphatic carbocycles. The number of hydrogen-bond acceptors (Lipinski definition) is 3. The molecule has 0 spiro atoms. The molecule has 0 atom stereocenters. The highest BCUT2D eigenvalue weighted by atomic mass is 32.1. The number of anilines is 1. The van der Waals surface area contributed by atoms with Crippen molar-refractivity contribution < 1.29 is 4.79 Å². The number of rotatable bonds is 2. The molecule has 2 aromatic rings. The van der Waals surface area contributed by atoms with Gasteiger partial charge in [-0.1, -0.05) is 12.1 Å². The van der Waals surface area contributed by atoms with Crippen LogP contribution in [0.1, 0.15) is 37.5 Å². The van der Waals surface area contributed by atoms with Gasteiger partial charge in [0, 0.05) is 10.4 Å². The zero-order valence-corrected chi connectivity index (χ0v) is 11.9. The topological polar surface area (TPSA) is 43.1 Å². The minimum absolute atomic E-state index is 0.0254. The lowest BCUT2D eigenvalue weighted by Gasteiger charge is -2.05. The first kappa shape index (κ1) is 12.8. The Hall–Kier alpha value is -1.61. The molecule has 0 radical (unpaired) electrons. The highest BCUT2D eigenvalue weighted by Crippen LogP contribution is 2.31. The first-order valence-electron chi connectivity index (χ1n) is 5.89. The fourth-order valence-electron chi connectivity index (χ4n) is 1.96. The van der Waals surface area contributed by atoms with Crippen molar-refractivity contribution in [2.75, 3.05) is 5.73 Å². The Bertz CT molecular complexity index is 626. The minimum atomic E-state index is 0.0254. The van der Waals surface area contributed by atoms with E-state index in [9.17, 15) is 4.79 Å². The summed E-state index contributed by atoms with van der Waals surface area (Å²) in [6, 6.07) is 5.79. The molecule has 3 heteroatoms. The van der Waals surface area contributed by atoms with Gasteiger partial charge in [0.2, 0.25) is 0 Å². The molecule has 18 heavy (non-hydrogen) atoms. The van der Waals surface area contributed by atoms with Crippen molar-refractivity contribution in [3.05, 3.63) is 50.9 Å². The zero-order chi connectivity index (χ0) is 13.4. The van der Waals surface area contributed by atoms with Crippen molar-refractivity contribution in [3.8, 4) is 0 Å². The Kier molecular flexibility index (Phi) is 3.26. The molecular formula is C15H17NOS. The van der Waals surface area contributed by atoms with E-state index in [0.717, 1.165) is 16.0 Å². The van der Waals surface area contributed by atoms with Crippen LogP contribution in [-0.2, 0) is 0 Å². The van der Waals surface area contributed by atoms with Crippen molar-refractivity contribution >= 4 is 22.1 Å². The molecule has 2 N–H and O–H groups in total. The number of carbonyl (C=O) groups excluding carboxylic acids is 1. The smallest absolute Gasteiger partial charge is 0.196 e. The van der Waals surface area contributed by atoms with E-state index < -0.39 is 0 Å². The second kappa shape index (κ2) is 4.58. The summed E-state index contributed by atoms with van der Waals surface area (Å²) in [5, 5.41) is 0.619. The molecule has 0 unspecified atom stereocenters. The number of hydrogen-bond donors (Lipinski definition) is 1. The quantitative estimate of drug-likeness (QED) is 0.834. The minimum Gasteiger partial charge on any atom is -0.390 e. The molecule has 1 aromatic heterocycles. The van der Waals surface area contributed by atoms with Gasteiger partial charge in [-0.05, 0) is 50.5 Å². The van der Waals surface area contributed by atoms with Crippen LogP contribution in [0.25, 0.3) is 0 Å². The highest BCUT2D eigenvalue weighted by molar-refractivity contribution is 7.16. The van der Waals surface area contributed by atoms with E-state index in [1.165, 1.54) is 16.9 Å². The van der Waals surface area contributed by atoms with Gasteiger partial charge in [0.15, 0.2) is 5.78 Å². The monoisotopic (exact) mass is 259 g/mol. The first-order valence-corrected chi connectivity index (χ1v) is 6.71. The molecule has 0 saturated heterocycles. The lowest BCUT2D eigenvalue weighted by Crippen LogP contribution is -2.05. The molecule has 0 amide bonds. The number of thiophene rings is 1. The Balaban J connectivity index is 2.51. The van der Waals surface area contributed by atoms with Crippen molar-refractivity contribution in [1.82, 2.24) is 0 Å². The van der Waals surface area contributed by atoms with E-state index in [2.05, 4.69) is 0 Å². The fourth-order valence-corrected chi connectivity index (χ4v) is 2.90. The van der Waals surface area contributed by atoms with Gasteiger partial charge in [-0.2, -0.15) is 0 Å². The molecule has 0 saturated carbocycles. The van der Waals surface area contributed by atoms with E-state index in [1.54, 1.807) is 0 Å². The lowest BCUT2D eigenvalue weighted by atomic mass is 9.98. The number of ketones is 1. The SMILES string of the molecule is Cc1ccc(C(=O)c2c(N)sc(C)c2C)cc1C. The standard InChI is InChI=1S/C15H17NOS/c1-8-5-6-12(7-9(8)2)14(17)13-10(3)11(4)18-15(13)16/h5-7H,16H2,1-4H3. The molecule has 1 heterocycles. The van der Waals surface area contributed by atoms with Crippen molar-refractivity contribution in [2.45, 2.75) is 27.7 Å². The van der Waals surface area contributed by atoms with Crippen LogP contribution in [0, 0.1) is 27.7 Å². The van der Waals surface area contributed by atoms with Gasteiger partial charge in [0.1, 0.15) is 0 Å². The summed E-state index contributed by atoms with van der Waals surface area (Å²) in [4.78, 5) is 13.6. The second-order valence-corrected chi connectivity index (χ2v) is 5.91. The summed E-state index contributed by atoms with van der Waals surface area (Å²) in [5.74, 6) is 0.0254. The molecule has 0 aliphatic rings. The van der Waals surface area contributed by atoms with E-state index in [-0.39, 0.29) is 5.78 Å². The van der Waals surface area contributed by atoms with Crippen LogP contribution in [0.3, 0.4) is 0 Å². The maximum absolute atomic E-state index is 12.5. The van der Waals surface area contributed by atoms with E-state index in [4.69, 9.17) is 5.73 Å². The van der Waals surface area contributed by atoms with Gasteiger partial charge in [0.05, 0.1) is 10.6 Å². The molecule has 1 aromatic carbocycles. The maximum atomic E-state index is 12.5. The predicted molar refractivity (Wildman–Crippen MR) is 77.6 cm³/mol. The van der Waals surface area contributed by atoms with Gasteiger partial charge in [0.25, 0.3) is 0 Å². The molecule has 2 nitrogen and oxygen atoms in total. The van der Waals surface area contributed by atoms with Crippen LogP contribution in [-0.4, -0.2) is 5.78 Å². The number of nitrogens with two attached hydrogens (primary N) is 1. The van der Waals surface area contributed by atoms with Gasteiger partial charge < -0.3 is 5.73 Å². The average molecular weight is 259 g/mol. The highest BCUT2D eigenvalue weighted by Gasteiger charge is 2.19. The molecule has 0 aliphatic heterocycles. The zero-order valence-electron chi connectivity index (χ0n) is 11.1. The molecule has 0 bridgehead atoms. The van der Waals surface area contributed by atoms with Crippen LogP contribution in [0.15, 0.2) is 18.2 Å². The Morgan fingerprint density at radius 2 is 1.78 bits per heavy atom. The maximum Gasteiger partial charge on any atom is 0.196 e. The van der Waals surface area contributed by atoms with E-state index in [1.807, 2.05) is 45.9 Å². The molecule has 94 valence electrons. The summed E-state index contributed by atoms with van der Waals surface area (Å²) in [7, 11) is 0. The Morgan fingerprint density at radius 1 is 1.11 bits per heavy atom. The normalized spacial score (nSPS) is 10.7. The van der Waals surface area contributed by atoms with Crippen molar-refractivity contribution in [3.63, 3.8) is 0 Å². The van der Waals surface area contributed by atoms with E-state index in [0.29, 0.717) is 16.1 Å². The lowest BCUT2D eigenvalue weighted by molar-refractivity contribution is 0.103. The van der Waals surface area contributed by atoms with Crippen LogP contribution >= 0.6 is 11.3 Å². The third kappa shape index (κ3) is 2.06. The van der Waals surface area contributed by atoms with Crippen LogP contribution < -0.4 is 5.73 Å². The van der Waals surface area contributed by atoms with Crippen LogP contribution in [0.5, 0.6) is 0 Å². The number of nitrogen functional groups attached to an aromatic ring is 1. The summed E-state index contributed by atoms with van der Waals surface area (Å²) in [6.07, 6.45) is 0. The van der Waals surface area contributed by atoms with Gasteiger partial charge in [-0.3, -0.25) is 4.79 Å². The molecule has 0 fully saturated rings. The average Bonchev–Trinajstić information content (AvgIpc) is 2.56. The summed E-state index contributed by atoms with van der Waals surface area (Å²) < 4.78 is 0. The largest absolute Gasteiger partial charge is 0.390 e. The fraction of sp³-hybridized carbons (Fsp3) is 0.267.